The van der Waals surface area contributed by atoms with Gasteiger partial charge in [-0.05, 0) is 36.1 Å². The molecule has 0 unspecified atom stereocenters. The molecule has 0 spiro atoms. The molecular weight excluding hydrogens is 326 g/mol. The monoisotopic (exact) mass is 345 g/mol. The molecule has 0 saturated carbocycles. The fourth-order valence-electron chi connectivity index (χ4n) is 2.67. The number of ether oxygens (including phenoxy) is 1. The minimum absolute atomic E-state index is 0.398. The van der Waals surface area contributed by atoms with E-state index in [0.29, 0.717) is 35.9 Å². The van der Waals surface area contributed by atoms with Gasteiger partial charge in [-0.1, -0.05) is 19.1 Å². The van der Waals surface area contributed by atoms with Crippen molar-refractivity contribution in [1.82, 2.24) is 0 Å². The van der Waals surface area contributed by atoms with E-state index < -0.39 is 11.9 Å². The van der Waals surface area contributed by atoms with Crippen LogP contribution in [-0.4, -0.2) is 18.5 Å². The maximum atomic E-state index is 12.2. The van der Waals surface area contributed by atoms with Gasteiger partial charge in [-0.3, -0.25) is 10.1 Å². The number of benzene rings is 1. The average molecular weight is 345 g/mol. The smallest absolute Gasteiger partial charge is 0.324 e. The fourth-order valence-corrected chi connectivity index (χ4v) is 3.86. The van der Waals surface area contributed by atoms with Gasteiger partial charge in [-0.25, -0.2) is 4.79 Å². The molecule has 1 aliphatic rings. The molecule has 1 aromatic heterocycles. The number of fused-ring (bicyclic) bond motifs is 1. The van der Waals surface area contributed by atoms with E-state index in [1.54, 1.807) is 0 Å². The Bertz CT molecular complexity index is 768. The van der Waals surface area contributed by atoms with E-state index in [9.17, 15) is 9.59 Å². The number of hydrogen-bond acceptors (Lipinski definition) is 4. The summed E-state index contributed by atoms with van der Waals surface area (Å²) in [5.74, 6) is -0.531. The number of carbonyl (C=O) groups excluding carboxylic acids is 2. The summed E-state index contributed by atoms with van der Waals surface area (Å²) < 4.78 is 5.40. The van der Waals surface area contributed by atoms with Crippen molar-refractivity contribution in [2.75, 3.05) is 17.2 Å². The second-order valence-corrected chi connectivity index (χ2v) is 6.61. The van der Waals surface area contributed by atoms with E-state index in [1.165, 1.54) is 16.9 Å². The molecule has 0 aliphatic carbocycles. The summed E-state index contributed by atoms with van der Waals surface area (Å²) in [6.45, 7) is 3.07. The second-order valence-electron chi connectivity index (χ2n) is 5.50. The van der Waals surface area contributed by atoms with E-state index in [-0.39, 0.29) is 0 Å². The van der Waals surface area contributed by atoms with Crippen LogP contribution in [0.15, 0.2) is 24.3 Å². The highest BCUT2D eigenvalue weighted by Gasteiger charge is 2.25. The molecule has 4 N–H and O–H groups in total. The Hall–Kier alpha value is -2.38. The lowest BCUT2D eigenvalue weighted by Crippen LogP contribution is -2.22. The number of rotatable bonds is 4. The van der Waals surface area contributed by atoms with Crippen molar-refractivity contribution < 1.29 is 14.3 Å². The molecule has 0 bridgehead atoms. The molecule has 2 heterocycles. The lowest BCUT2D eigenvalue weighted by Gasteiger charge is -2.12. The number of urea groups is 1. The predicted octanol–water partition coefficient (Wildman–Crippen LogP) is 3.13. The van der Waals surface area contributed by atoms with Crippen LogP contribution >= 0.6 is 11.3 Å². The summed E-state index contributed by atoms with van der Waals surface area (Å²) in [4.78, 5) is 24.9. The molecule has 7 heteroatoms. The number of thiophene rings is 1. The van der Waals surface area contributed by atoms with Crippen LogP contribution in [0.5, 0.6) is 0 Å². The van der Waals surface area contributed by atoms with Gasteiger partial charge in [0, 0.05) is 10.6 Å². The van der Waals surface area contributed by atoms with E-state index in [4.69, 9.17) is 10.5 Å². The van der Waals surface area contributed by atoms with Gasteiger partial charge in [0.1, 0.15) is 5.00 Å². The minimum Gasteiger partial charge on any atom is -0.376 e. The quantitative estimate of drug-likeness (QED) is 0.795. The molecule has 0 saturated heterocycles. The summed E-state index contributed by atoms with van der Waals surface area (Å²) >= 11 is 1.34. The third kappa shape index (κ3) is 3.42. The number of carbonyl (C=O) groups is 2. The summed E-state index contributed by atoms with van der Waals surface area (Å²) in [5, 5.41) is 5.97. The van der Waals surface area contributed by atoms with E-state index in [1.807, 2.05) is 24.3 Å². The topological polar surface area (TPSA) is 93.5 Å². The number of amides is 3. The van der Waals surface area contributed by atoms with Gasteiger partial charge in [0.05, 0.1) is 18.8 Å². The minimum atomic E-state index is -0.531. The molecule has 6 nitrogen and oxygen atoms in total. The van der Waals surface area contributed by atoms with Crippen LogP contribution < -0.4 is 16.4 Å². The summed E-state index contributed by atoms with van der Waals surface area (Å²) in [7, 11) is 0. The standard InChI is InChI=1S/C17H19N3O3S/c1-2-10-3-5-11(6-4-10)19-17(22)20-16-14(15(18)21)12-7-8-23-9-13(12)24-16/h3-6H,2,7-9H2,1H3,(H2,18,21)(H2,19,20,22). The van der Waals surface area contributed by atoms with Crippen molar-refractivity contribution in [2.24, 2.45) is 5.73 Å². The Labute approximate surface area is 144 Å². The third-order valence-electron chi connectivity index (χ3n) is 3.91. The molecule has 3 amide bonds. The van der Waals surface area contributed by atoms with E-state index in [0.717, 1.165) is 16.9 Å². The van der Waals surface area contributed by atoms with Crippen LogP contribution in [0.1, 0.15) is 33.3 Å². The Balaban J connectivity index is 1.76. The zero-order valence-corrected chi connectivity index (χ0v) is 14.2. The maximum Gasteiger partial charge on any atom is 0.324 e. The summed E-state index contributed by atoms with van der Waals surface area (Å²) in [6.07, 6.45) is 1.57. The highest BCUT2D eigenvalue weighted by Crippen LogP contribution is 2.36. The Morgan fingerprint density at radius 2 is 2.00 bits per heavy atom. The van der Waals surface area contributed by atoms with Crippen LogP contribution in [0.2, 0.25) is 0 Å². The molecule has 3 rings (SSSR count). The van der Waals surface area contributed by atoms with Crippen molar-refractivity contribution in [3.05, 3.63) is 45.8 Å². The SMILES string of the molecule is CCc1ccc(NC(=O)Nc2sc3c(c2C(N)=O)CCOC3)cc1. The lowest BCUT2D eigenvalue weighted by molar-refractivity contribution is 0.0991. The number of hydrogen-bond donors (Lipinski definition) is 3. The first-order chi connectivity index (χ1) is 11.6. The molecule has 126 valence electrons. The highest BCUT2D eigenvalue weighted by atomic mass is 32.1. The molecule has 0 atom stereocenters. The van der Waals surface area contributed by atoms with Crippen LogP contribution in [0.4, 0.5) is 15.5 Å². The Kier molecular flexibility index (Phi) is 4.82. The first-order valence-electron chi connectivity index (χ1n) is 7.77. The van der Waals surface area contributed by atoms with Gasteiger partial charge in [0.15, 0.2) is 0 Å². The fraction of sp³-hybridized carbons (Fsp3) is 0.294. The third-order valence-corrected chi connectivity index (χ3v) is 5.03. The number of nitrogens with two attached hydrogens (primary N) is 1. The predicted molar refractivity (Wildman–Crippen MR) is 94.7 cm³/mol. The number of nitrogens with one attached hydrogen (secondary N) is 2. The van der Waals surface area contributed by atoms with Gasteiger partial charge in [-0.2, -0.15) is 0 Å². The van der Waals surface area contributed by atoms with Crippen LogP contribution in [0.3, 0.4) is 0 Å². The highest BCUT2D eigenvalue weighted by molar-refractivity contribution is 7.17. The first-order valence-corrected chi connectivity index (χ1v) is 8.59. The lowest BCUT2D eigenvalue weighted by atomic mass is 10.1. The normalized spacial score (nSPS) is 13.2. The van der Waals surface area contributed by atoms with Crippen molar-refractivity contribution in [3.63, 3.8) is 0 Å². The Morgan fingerprint density at radius 3 is 2.67 bits per heavy atom. The maximum absolute atomic E-state index is 12.2. The van der Waals surface area contributed by atoms with Crippen molar-refractivity contribution in [3.8, 4) is 0 Å². The van der Waals surface area contributed by atoms with Gasteiger partial charge >= 0.3 is 6.03 Å². The number of anilines is 2. The Morgan fingerprint density at radius 1 is 1.25 bits per heavy atom. The number of primary amides is 1. The van der Waals surface area contributed by atoms with E-state index >= 15 is 0 Å². The van der Waals surface area contributed by atoms with Gasteiger partial charge in [-0.15, -0.1) is 11.3 Å². The number of aryl methyl sites for hydroxylation is 1. The van der Waals surface area contributed by atoms with Crippen molar-refractivity contribution in [1.29, 1.82) is 0 Å². The summed E-state index contributed by atoms with van der Waals surface area (Å²) in [5.41, 5.74) is 8.67. The zero-order chi connectivity index (χ0) is 17.1. The second kappa shape index (κ2) is 7.02. The van der Waals surface area contributed by atoms with Gasteiger partial charge in [0.25, 0.3) is 5.91 Å². The summed E-state index contributed by atoms with van der Waals surface area (Å²) in [6, 6.07) is 7.22. The molecule has 0 fully saturated rings. The van der Waals surface area contributed by atoms with Gasteiger partial charge in [0.2, 0.25) is 0 Å². The van der Waals surface area contributed by atoms with E-state index in [2.05, 4.69) is 17.6 Å². The molecule has 0 radical (unpaired) electrons. The largest absolute Gasteiger partial charge is 0.376 e. The molecule has 1 aliphatic heterocycles. The van der Waals surface area contributed by atoms with Crippen molar-refractivity contribution in [2.45, 2.75) is 26.4 Å². The van der Waals surface area contributed by atoms with Crippen LogP contribution in [0, 0.1) is 0 Å². The van der Waals surface area contributed by atoms with Gasteiger partial charge < -0.3 is 15.8 Å². The van der Waals surface area contributed by atoms with Crippen LogP contribution in [-0.2, 0) is 24.2 Å². The first kappa shape index (κ1) is 16.5. The molecular formula is C17H19N3O3S. The van der Waals surface area contributed by atoms with Crippen LogP contribution in [0.25, 0.3) is 0 Å². The molecule has 1 aromatic carbocycles. The average Bonchev–Trinajstić information content (AvgIpc) is 2.93. The zero-order valence-electron chi connectivity index (χ0n) is 13.3. The van der Waals surface area contributed by atoms with Crippen molar-refractivity contribution >= 4 is 34.0 Å². The molecule has 2 aromatic rings. The molecule has 24 heavy (non-hydrogen) atoms.